The van der Waals surface area contributed by atoms with Gasteiger partial charge in [0.1, 0.15) is 0 Å². The molecule has 0 radical (unpaired) electrons. The molecule has 1 amide bonds. The maximum absolute atomic E-state index is 13.2. The van der Waals surface area contributed by atoms with Crippen molar-refractivity contribution in [2.75, 3.05) is 53.0 Å². The molecule has 0 atom stereocenters. The number of hydrogen-bond donors (Lipinski definition) is 1. The summed E-state index contributed by atoms with van der Waals surface area (Å²) >= 11 is 0. The second-order valence-electron chi connectivity index (χ2n) is 7.58. The van der Waals surface area contributed by atoms with E-state index in [0.717, 1.165) is 51.9 Å². The lowest BCUT2D eigenvalue weighted by atomic mass is 9.78. The fraction of sp³-hybridized carbons (Fsp3) is 0.944. The van der Waals surface area contributed by atoms with E-state index in [0.29, 0.717) is 18.6 Å². The lowest BCUT2D eigenvalue weighted by Crippen LogP contribution is -2.55. The van der Waals surface area contributed by atoms with E-state index in [4.69, 9.17) is 4.74 Å². The molecule has 0 aromatic carbocycles. The third kappa shape index (κ3) is 3.89. The van der Waals surface area contributed by atoms with Gasteiger partial charge in [-0.25, -0.2) is 0 Å². The first-order valence-corrected chi connectivity index (χ1v) is 9.48. The van der Waals surface area contributed by atoms with E-state index in [1.54, 1.807) is 7.11 Å². The highest BCUT2D eigenvalue weighted by molar-refractivity contribution is 5.83. The van der Waals surface area contributed by atoms with Gasteiger partial charge in [0, 0.05) is 26.2 Å². The number of carbonyl (C=O) groups excluding carboxylic acids is 1. The Morgan fingerprint density at radius 3 is 2.35 bits per heavy atom. The summed E-state index contributed by atoms with van der Waals surface area (Å²) in [5.74, 6) is 0.345. The van der Waals surface area contributed by atoms with E-state index < -0.39 is 0 Å². The normalized spacial score (nSPS) is 27.1. The quantitative estimate of drug-likeness (QED) is 0.851. The summed E-state index contributed by atoms with van der Waals surface area (Å²) in [5.41, 5.74) is -0.280. The summed E-state index contributed by atoms with van der Waals surface area (Å²) in [6.07, 6.45) is 8.20. The van der Waals surface area contributed by atoms with E-state index in [2.05, 4.69) is 15.1 Å². The summed E-state index contributed by atoms with van der Waals surface area (Å²) in [5, 5.41) is 3.37. The number of carbonyl (C=O) groups is 1. The van der Waals surface area contributed by atoms with Crippen LogP contribution in [0.3, 0.4) is 0 Å². The van der Waals surface area contributed by atoms with Gasteiger partial charge in [0.25, 0.3) is 0 Å². The maximum Gasteiger partial charge on any atom is 0.231 e. The van der Waals surface area contributed by atoms with Gasteiger partial charge in [-0.15, -0.1) is 0 Å². The Balaban J connectivity index is 1.56. The highest BCUT2D eigenvalue weighted by Gasteiger charge is 2.43. The monoisotopic (exact) mass is 323 g/mol. The molecule has 0 spiro atoms. The predicted molar refractivity (Wildman–Crippen MR) is 91.4 cm³/mol. The second kappa shape index (κ2) is 7.95. The van der Waals surface area contributed by atoms with E-state index in [-0.39, 0.29) is 5.41 Å². The van der Waals surface area contributed by atoms with Crippen LogP contribution in [-0.2, 0) is 9.53 Å². The van der Waals surface area contributed by atoms with Crippen LogP contribution in [0.25, 0.3) is 0 Å². The van der Waals surface area contributed by atoms with Gasteiger partial charge in [0.2, 0.25) is 5.91 Å². The molecular formula is C18H33N3O2. The Morgan fingerprint density at radius 2 is 1.74 bits per heavy atom. The van der Waals surface area contributed by atoms with Crippen molar-refractivity contribution in [3.63, 3.8) is 0 Å². The summed E-state index contributed by atoms with van der Waals surface area (Å²) in [6, 6.07) is 0.700. The first kappa shape index (κ1) is 17.2. The van der Waals surface area contributed by atoms with Crippen LogP contribution in [0.5, 0.6) is 0 Å². The number of hydrogen-bond acceptors (Lipinski definition) is 4. The van der Waals surface area contributed by atoms with Crippen LogP contribution >= 0.6 is 0 Å². The summed E-state index contributed by atoms with van der Waals surface area (Å²) in [7, 11) is 1.72. The molecule has 5 nitrogen and oxygen atoms in total. The van der Waals surface area contributed by atoms with Gasteiger partial charge in [-0.1, -0.05) is 6.42 Å². The molecular weight excluding hydrogens is 290 g/mol. The third-order valence-electron chi connectivity index (χ3n) is 6.09. The lowest BCUT2D eigenvalue weighted by molar-refractivity contribution is -0.149. The van der Waals surface area contributed by atoms with Gasteiger partial charge in [0.05, 0.1) is 12.0 Å². The van der Waals surface area contributed by atoms with Crippen LogP contribution in [0.2, 0.25) is 0 Å². The minimum absolute atomic E-state index is 0.280. The van der Waals surface area contributed by atoms with Gasteiger partial charge in [-0.2, -0.15) is 0 Å². The predicted octanol–water partition coefficient (Wildman–Crippen LogP) is 1.48. The van der Waals surface area contributed by atoms with E-state index in [9.17, 15) is 4.79 Å². The maximum atomic E-state index is 13.2. The first-order chi connectivity index (χ1) is 11.2. The number of rotatable bonds is 4. The van der Waals surface area contributed by atoms with Crippen molar-refractivity contribution in [2.24, 2.45) is 5.41 Å². The van der Waals surface area contributed by atoms with Crippen molar-refractivity contribution in [1.82, 2.24) is 15.1 Å². The SMILES string of the molecule is COCC1(C(=O)N2CCC(N3CCCCC3)CC2)CCNCC1. The number of amides is 1. The number of ether oxygens (including phenoxy) is 1. The Labute approximate surface area is 140 Å². The van der Waals surface area contributed by atoms with Crippen LogP contribution in [0, 0.1) is 5.41 Å². The van der Waals surface area contributed by atoms with Crippen molar-refractivity contribution in [1.29, 1.82) is 0 Å². The number of likely N-dealkylation sites (tertiary alicyclic amines) is 2. The number of nitrogens with zero attached hydrogens (tertiary/aromatic N) is 2. The van der Waals surface area contributed by atoms with Crippen LogP contribution in [0.1, 0.15) is 44.9 Å². The Kier molecular flexibility index (Phi) is 5.94. The molecule has 3 heterocycles. The van der Waals surface area contributed by atoms with Crippen LogP contribution in [0.15, 0.2) is 0 Å². The molecule has 23 heavy (non-hydrogen) atoms. The lowest BCUT2D eigenvalue weighted by Gasteiger charge is -2.44. The molecule has 3 aliphatic heterocycles. The topological polar surface area (TPSA) is 44.8 Å². The molecule has 0 aliphatic carbocycles. The molecule has 3 saturated heterocycles. The average Bonchev–Trinajstić information content (AvgIpc) is 2.63. The fourth-order valence-corrected chi connectivity index (χ4v) is 4.65. The smallest absolute Gasteiger partial charge is 0.231 e. The first-order valence-electron chi connectivity index (χ1n) is 9.48. The number of methoxy groups -OCH3 is 1. The van der Waals surface area contributed by atoms with Crippen LogP contribution in [0.4, 0.5) is 0 Å². The molecule has 3 aliphatic rings. The number of piperidine rings is 3. The molecule has 0 saturated carbocycles. The molecule has 5 heteroatoms. The van der Waals surface area contributed by atoms with Crippen molar-refractivity contribution in [3.8, 4) is 0 Å². The standard InChI is InChI=1S/C18H33N3O2/c1-23-15-18(7-9-19-10-8-18)17(22)21-13-5-16(6-14-21)20-11-3-2-4-12-20/h16,19H,2-15H2,1H3. The van der Waals surface area contributed by atoms with E-state index >= 15 is 0 Å². The Bertz CT molecular complexity index is 376. The summed E-state index contributed by atoms with van der Waals surface area (Å²) < 4.78 is 5.43. The highest BCUT2D eigenvalue weighted by atomic mass is 16.5. The summed E-state index contributed by atoms with van der Waals surface area (Å²) in [4.78, 5) is 17.9. The molecule has 0 unspecified atom stereocenters. The minimum atomic E-state index is -0.280. The second-order valence-corrected chi connectivity index (χ2v) is 7.58. The van der Waals surface area contributed by atoms with Gasteiger partial charge >= 0.3 is 0 Å². The van der Waals surface area contributed by atoms with E-state index in [1.165, 1.54) is 32.4 Å². The zero-order valence-electron chi connectivity index (χ0n) is 14.7. The summed E-state index contributed by atoms with van der Waals surface area (Å²) in [6.45, 7) is 6.81. The van der Waals surface area contributed by atoms with Crippen LogP contribution in [-0.4, -0.2) is 74.7 Å². The largest absolute Gasteiger partial charge is 0.384 e. The van der Waals surface area contributed by atoms with E-state index in [1.807, 2.05) is 0 Å². The Hall–Kier alpha value is -0.650. The fourth-order valence-electron chi connectivity index (χ4n) is 4.65. The third-order valence-corrected chi connectivity index (χ3v) is 6.09. The molecule has 0 bridgehead atoms. The van der Waals surface area contributed by atoms with Gasteiger partial charge in [-0.05, 0) is 64.7 Å². The van der Waals surface area contributed by atoms with Crippen LogP contribution < -0.4 is 5.32 Å². The zero-order valence-corrected chi connectivity index (χ0v) is 14.7. The van der Waals surface area contributed by atoms with Gasteiger partial charge in [-0.3, -0.25) is 4.79 Å². The van der Waals surface area contributed by atoms with Crippen molar-refractivity contribution in [3.05, 3.63) is 0 Å². The number of nitrogens with one attached hydrogen (secondary N) is 1. The Morgan fingerprint density at radius 1 is 1.09 bits per heavy atom. The molecule has 3 rings (SSSR count). The molecule has 3 fully saturated rings. The minimum Gasteiger partial charge on any atom is -0.384 e. The van der Waals surface area contributed by atoms with Crippen molar-refractivity contribution < 1.29 is 9.53 Å². The zero-order chi connectivity index (χ0) is 16.1. The molecule has 132 valence electrons. The van der Waals surface area contributed by atoms with Gasteiger partial charge in [0.15, 0.2) is 0 Å². The van der Waals surface area contributed by atoms with Crippen molar-refractivity contribution >= 4 is 5.91 Å². The highest BCUT2D eigenvalue weighted by Crippen LogP contribution is 2.33. The molecule has 1 N–H and O–H groups in total. The van der Waals surface area contributed by atoms with Gasteiger partial charge < -0.3 is 19.9 Å². The van der Waals surface area contributed by atoms with Crippen molar-refractivity contribution in [2.45, 2.75) is 51.0 Å². The average molecular weight is 323 g/mol. The molecule has 0 aromatic heterocycles. The molecule has 0 aromatic rings.